The average molecular weight is 416 g/mol. The molecule has 0 saturated carbocycles. The topological polar surface area (TPSA) is 116 Å². The van der Waals surface area contributed by atoms with Gasteiger partial charge in [0.25, 0.3) is 15.6 Å². The third kappa shape index (κ3) is 4.06. The Morgan fingerprint density at radius 2 is 1.73 bits per heavy atom. The molecule has 4 rings (SSSR count). The van der Waals surface area contributed by atoms with Crippen molar-refractivity contribution >= 4 is 26.6 Å². The van der Waals surface area contributed by atoms with Crippen LogP contribution in [0.4, 0.5) is 5.69 Å². The molecule has 0 unspecified atom stereocenters. The molecule has 0 fully saturated rings. The monoisotopic (exact) mass is 416 g/mol. The molecule has 0 aliphatic heterocycles. The highest BCUT2D eigenvalue weighted by molar-refractivity contribution is 7.92. The van der Waals surface area contributed by atoms with Crippen LogP contribution < -0.4 is 10.3 Å². The van der Waals surface area contributed by atoms with E-state index >= 15 is 0 Å². The van der Waals surface area contributed by atoms with Crippen LogP contribution >= 0.6 is 0 Å². The number of aromatic amines is 1. The number of aromatic nitrogens is 2. The first-order valence-corrected chi connectivity index (χ1v) is 10.5. The summed E-state index contributed by atoms with van der Waals surface area (Å²) in [5.41, 5.74) is 1.85. The maximum Gasteiger partial charge on any atom is 0.261 e. The van der Waals surface area contributed by atoms with Crippen molar-refractivity contribution in [3.63, 3.8) is 0 Å². The minimum atomic E-state index is -3.76. The van der Waals surface area contributed by atoms with E-state index < -0.39 is 10.0 Å². The van der Waals surface area contributed by atoms with Crippen molar-refractivity contribution in [2.24, 2.45) is 0 Å². The van der Waals surface area contributed by atoms with Crippen molar-refractivity contribution in [3.05, 3.63) is 100 Å². The van der Waals surface area contributed by atoms with Gasteiger partial charge in [-0.05, 0) is 48.0 Å². The zero-order chi connectivity index (χ0) is 21.1. The zero-order valence-electron chi connectivity index (χ0n) is 15.7. The van der Waals surface area contributed by atoms with Crippen LogP contribution in [0.3, 0.4) is 0 Å². The summed E-state index contributed by atoms with van der Waals surface area (Å²) in [7, 11) is -3.76. The molecule has 3 aromatic carbocycles. The lowest BCUT2D eigenvalue weighted by atomic mass is 10.1. The van der Waals surface area contributed by atoms with E-state index in [0.717, 1.165) is 5.56 Å². The van der Waals surface area contributed by atoms with Gasteiger partial charge in [-0.1, -0.05) is 30.3 Å². The third-order valence-corrected chi connectivity index (χ3v) is 5.91. The van der Waals surface area contributed by atoms with Gasteiger partial charge in [-0.25, -0.2) is 13.4 Å². The second-order valence-electron chi connectivity index (χ2n) is 6.65. The first-order valence-electron chi connectivity index (χ1n) is 9.04. The molecule has 1 heterocycles. The van der Waals surface area contributed by atoms with Crippen LogP contribution in [0.2, 0.25) is 0 Å². The summed E-state index contributed by atoms with van der Waals surface area (Å²) in [6, 6.07) is 21.7. The summed E-state index contributed by atoms with van der Waals surface area (Å²) in [5, 5.41) is 9.16. The second kappa shape index (κ2) is 7.81. The molecule has 0 saturated heterocycles. The fourth-order valence-electron chi connectivity index (χ4n) is 3.04. The third-order valence-electron chi connectivity index (χ3n) is 4.51. The molecule has 1 aromatic heterocycles. The van der Waals surface area contributed by atoms with Crippen molar-refractivity contribution in [1.82, 2.24) is 9.97 Å². The number of hydrogen-bond acceptors (Lipinski definition) is 5. The lowest BCUT2D eigenvalue weighted by molar-refractivity contribution is 0.601. The number of nitrogens with one attached hydrogen (secondary N) is 2. The van der Waals surface area contributed by atoms with Gasteiger partial charge in [-0.2, -0.15) is 5.26 Å². The molecule has 0 bridgehead atoms. The smallest absolute Gasteiger partial charge is 0.261 e. The van der Waals surface area contributed by atoms with Gasteiger partial charge in [0.05, 0.1) is 27.4 Å². The molecule has 0 radical (unpaired) electrons. The van der Waals surface area contributed by atoms with E-state index in [1.165, 1.54) is 18.2 Å². The van der Waals surface area contributed by atoms with Crippen molar-refractivity contribution in [3.8, 4) is 6.07 Å². The van der Waals surface area contributed by atoms with Crippen molar-refractivity contribution in [2.75, 3.05) is 4.72 Å². The number of rotatable bonds is 5. The van der Waals surface area contributed by atoms with Crippen LogP contribution in [0.15, 0.2) is 82.5 Å². The van der Waals surface area contributed by atoms with E-state index in [0.29, 0.717) is 23.3 Å². The number of H-pyrrole nitrogens is 1. The van der Waals surface area contributed by atoms with Crippen molar-refractivity contribution in [2.45, 2.75) is 11.3 Å². The Morgan fingerprint density at radius 1 is 1.00 bits per heavy atom. The van der Waals surface area contributed by atoms with Gasteiger partial charge in [-0.15, -0.1) is 0 Å². The highest BCUT2D eigenvalue weighted by Crippen LogP contribution is 2.19. The molecule has 148 valence electrons. The van der Waals surface area contributed by atoms with Gasteiger partial charge in [0.2, 0.25) is 0 Å². The summed E-state index contributed by atoms with van der Waals surface area (Å²) < 4.78 is 27.5. The molecule has 0 atom stereocenters. The predicted molar refractivity (Wildman–Crippen MR) is 114 cm³/mol. The Morgan fingerprint density at radius 3 is 2.43 bits per heavy atom. The van der Waals surface area contributed by atoms with Gasteiger partial charge >= 0.3 is 0 Å². The molecule has 0 amide bonds. The minimum Gasteiger partial charge on any atom is -0.310 e. The standard InChI is InChI=1S/C22H16N4O3S/c23-14-16-8-6-15(7-9-16)12-21-24-20-11-10-17(13-19(20)22(27)25-21)26-30(28,29)18-4-2-1-3-5-18/h1-11,13,26H,12H2,(H,24,25,27). The van der Waals surface area contributed by atoms with E-state index in [-0.39, 0.29) is 21.5 Å². The van der Waals surface area contributed by atoms with Gasteiger partial charge < -0.3 is 4.98 Å². The second-order valence-corrected chi connectivity index (χ2v) is 8.33. The SMILES string of the molecule is N#Cc1ccc(Cc2nc3ccc(NS(=O)(=O)c4ccccc4)cc3c(=O)[nH]2)cc1. The number of nitriles is 1. The predicted octanol–water partition coefficient (Wildman–Crippen LogP) is 3.19. The highest BCUT2D eigenvalue weighted by atomic mass is 32.2. The summed E-state index contributed by atoms with van der Waals surface area (Å²) >= 11 is 0. The first-order chi connectivity index (χ1) is 14.4. The fraction of sp³-hybridized carbons (Fsp3) is 0.0455. The molecular weight excluding hydrogens is 400 g/mol. The molecule has 7 nitrogen and oxygen atoms in total. The molecule has 0 aliphatic rings. The van der Waals surface area contributed by atoms with Crippen LogP contribution in [-0.2, 0) is 16.4 Å². The fourth-order valence-corrected chi connectivity index (χ4v) is 4.11. The van der Waals surface area contributed by atoms with E-state index in [9.17, 15) is 13.2 Å². The Hall–Kier alpha value is -3.96. The van der Waals surface area contributed by atoms with Crippen LogP contribution in [0.25, 0.3) is 10.9 Å². The molecule has 0 aliphatic carbocycles. The number of anilines is 1. The van der Waals surface area contributed by atoms with Crippen molar-refractivity contribution < 1.29 is 8.42 Å². The number of hydrogen-bond donors (Lipinski definition) is 2. The average Bonchev–Trinajstić information content (AvgIpc) is 2.75. The van der Waals surface area contributed by atoms with Crippen molar-refractivity contribution in [1.29, 1.82) is 5.26 Å². The number of fused-ring (bicyclic) bond motifs is 1. The molecule has 2 N–H and O–H groups in total. The first kappa shape index (κ1) is 19.4. The lowest BCUT2D eigenvalue weighted by Gasteiger charge is -2.09. The maximum absolute atomic E-state index is 12.6. The Balaban J connectivity index is 1.62. The number of benzene rings is 3. The Labute approximate surface area is 172 Å². The van der Waals surface area contributed by atoms with Gasteiger partial charge in [0.1, 0.15) is 5.82 Å². The zero-order valence-corrected chi connectivity index (χ0v) is 16.5. The molecule has 30 heavy (non-hydrogen) atoms. The van der Waals surface area contributed by atoms with Crippen LogP contribution in [-0.4, -0.2) is 18.4 Å². The normalized spacial score (nSPS) is 11.2. The largest absolute Gasteiger partial charge is 0.310 e. The quantitative estimate of drug-likeness (QED) is 0.518. The van der Waals surface area contributed by atoms with E-state index in [1.807, 2.05) is 12.1 Å². The number of nitrogens with zero attached hydrogens (tertiary/aromatic N) is 2. The Kier molecular flexibility index (Phi) is 5.04. The molecule has 4 aromatic rings. The van der Waals surface area contributed by atoms with Gasteiger partial charge in [-0.3, -0.25) is 9.52 Å². The van der Waals surface area contributed by atoms with E-state index in [4.69, 9.17) is 5.26 Å². The lowest BCUT2D eigenvalue weighted by Crippen LogP contribution is -2.15. The van der Waals surface area contributed by atoms with Crippen LogP contribution in [0, 0.1) is 11.3 Å². The van der Waals surface area contributed by atoms with Crippen LogP contribution in [0.5, 0.6) is 0 Å². The number of sulfonamides is 1. The molecule has 0 spiro atoms. The molecule has 8 heteroatoms. The summed E-state index contributed by atoms with van der Waals surface area (Å²) in [4.78, 5) is 19.9. The summed E-state index contributed by atoms with van der Waals surface area (Å²) in [6.07, 6.45) is 0.402. The van der Waals surface area contributed by atoms with Gasteiger partial charge in [0.15, 0.2) is 0 Å². The maximum atomic E-state index is 12.6. The summed E-state index contributed by atoms with van der Waals surface area (Å²) in [6.45, 7) is 0. The van der Waals surface area contributed by atoms with Crippen LogP contribution in [0.1, 0.15) is 17.0 Å². The highest BCUT2D eigenvalue weighted by Gasteiger charge is 2.14. The van der Waals surface area contributed by atoms with E-state index in [2.05, 4.69) is 20.8 Å². The Bertz CT molecular complexity index is 1420. The van der Waals surface area contributed by atoms with E-state index in [1.54, 1.807) is 42.5 Å². The molecular formula is C22H16N4O3S. The summed E-state index contributed by atoms with van der Waals surface area (Å²) in [5.74, 6) is 0.481. The van der Waals surface area contributed by atoms with Gasteiger partial charge in [0, 0.05) is 12.1 Å². The minimum absolute atomic E-state index is 0.134.